The second-order valence-electron chi connectivity index (χ2n) is 3.66. The molecular weight excluding hydrogens is 108 g/mol. The van der Waals surface area contributed by atoms with E-state index in [1.807, 2.05) is 0 Å². The molecule has 0 N–H and O–H groups in total. The van der Waals surface area contributed by atoms with Crippen LogP contribution in [0.25, 0.3) is 0 Å². The van der Waals surface area contributed by atoms with E-state index in [1.165, 1.54) is 19.3 Å². The molecule has 0 spiro atoms. The van der Waals surface area contributed by atoms with E-state index in [9.17, 15) is 0 Å². The van der Waals surface area contributed by atoms with Gasteiger partial charge in [-0.05, 0) is 31.1 Å². The molecule has 1 aliphatic carbocycles. The number of rotatable bonds is 0. The molecule has 1 radical (unpaired) electrons. The largest absolute Gasteiger partial charge is 0.0625 e. The van der Waals surface area contributed by atoms with E-state index in [0.29, 0.717) is 0 Å². The van der Waals surface area contributed by atoms with Gasteiger partial charge in [0, 0.05) is 0 Å². The van der Waals surface area contributed by atoms with Gasteiger partial charge in [-0.15, -0.1) is 0 Å². The van der Waals surface area contributed by atoms with Gasteiger partial charge >= 0.3 is 0 Å². The van der Waals surface area contributed by atoms with Crippen molar-refractivity contribution in [2.45, 2.75) is 33.1 Å². The van der Waals surface area contributed by atoms with E-state index in [1.54, 1.807) is 0 Å². The molecule has 0 aromatic carbocycles. The van der Waals surface area contributed by atoms with Crippen molar-refractivity contribution in [3.05, 3.63) is 6.92 Å². The fourth-order valence-electron chi connectivity index (χ4n) is 1.65. The van der Waals surface area contributed by atoms with Gasteiger partial charge in [0.05, 0.1) is 0 Å². The fraction of sp³-hybridized carbons (Fsp3) is 0.889. The van der Waals surface area contributed by atoms with Crippen molar-refractivity contribution >= 4 is 0 Å². The Morgan fingerprint density at radius 3 is 2.33 bits per heavy atom. The summed E-state index contributed by atoms with van der Waals surface area (Å²) in [6.07, 6.45) is 4.17. The van der Waals surface area contributed by atoms with Crippen LogP contribution in [0, 0.1) is 24.7 Å². The molecule has 1 fully saturated rings. The first-order valence-corrected chi connectivity index (χ1v) is 4.03. The second-order valence-corrected chi connectivity index (χ2v) is 3.66. The van der Waals surface area contributed by atoms with Gasteiger partial charge in [-0.25, -0.2) is 0 Å². The van der Waals surface area contributed by atoms with E-state index >= 15 is 0 Å². The molecule has 0 saturated heterocycles. The van der Waals surface area contributed by atoms with Gasteiger partial charge < -0.3 is 0 Å². The van der Waals surface area contributed by atoms with Gasteiger partial charge in [0.2, 0.25) is 0 Å². The summed E-state index contributed by atoms with van der Waals surface area (Å²) in [5, 5.41) is 0. The first-order chi connectivity index (χ1) is 4.20. The average Bonchev–Trinajstić information content (AvgIpc) is 1.80. The molecule has 3 unspecified atom stereocenters. The Morgan fingerprint density at radius 1 is 1.22 bits per heavy atom. The standard InChI is InChI=1S/C9H17/c1-7-4-5-8(2)9(3)6-7/h7-9H,3-6H2,1-2H3. The fourth-order valence-corrected chi connectivity index (χ4v) is 1.65. The molecule has 1 saturated carbocycles. The molecule has 0 heteroatoms. The predicted molar refractivity (Wildman–Crippen MR) is 41.0 cm³/mol. The molecule has 3 atom stereocenters. The van der Waals surface area contributed by atoms with E-state index in [0.717, 1.165) is 17.8 Å². The van der Waals surface area contributed by atoms with Crippen molar-refractivity contribution in [3.63, 3.8) is 0 Å². The lowest BCUT2D eigenvalue weighted by Gasteiger charge is -2.29. The van der Waals surface area contributed by atoms with E-state index < -0.39 is 0 Å². The van der Waals surface area contributed by atoms with Crippen LogP contribution < -0.4 is 0 Å². The van der Waals surface area contributed by atoms with E-state index in [2.05, 4.69) is 20.8 Å². The average molecular weight is 125 g/mol. The topological polar surface area (TPSA) is 0 Å². The van der Waals surface area contributed by atoms with Crippen molar-refractivity contribution in [1.29, 1.82) is 0 Å². The molecule has 0 aliphatic heterocycles. The van der Waals surface area contributed by atoms with Crippen LogP contribution in [0.1, 0.15) is 33.1 Å². The maximum atomic E-state index is 4.13. The normalized spacial score (nSPS) is 45.0. The SMILES string of the molecule is [CH2]C1CC(C)CCC1C. The Morgan fingerprint density at radius 2 is 1.89 bits per heavy atom. The van der Waals surface area contributed by atoms with Crippen molar-refractivity contribution in [3.8, 4) is 0 Å². The third kappa shape index (κ3) is 1.70. The summed E-state index contributed by atoms with van der Waals surface area (Å²) in [5.74, 6) is 2.54. The van der Waals surface area contributed by atoms with Gasteiger partial charge in [0.1, 0.15) is 0 Å². The Labute approximate surface area is 58.7 Å². The highest BCUT2D eigenvalue weighted by Crippen LogP contribution is 2.32. The van der Waals surface area contributed by atoms with Crippen LogP contribution in [0.15, 0.2) is 0 Å². The maximum Gasteiger partial charge on any atom is -0.0386 e. The quantitative estimate of drug-likeness (QED) is 0.467. The maximum absolute atomic E-state index is 4.13. The molecule has 53 valence electrons. The van der Waals surface area contributed by atoms with Crippen LogP contribution in [0.5, 0.6) is 0 Å². The Balaban J connectivity index is 2.35. The minimum absolute atomic E-state index is 0.730. The molecule has 0 heterocycles. The molecule has 0 aromatic heterocycles. The molecule has 0 amide bonds. The van der Waals surface area contributed by atoms with Crippen molar-refractivity contribution < 1.29 is 0 Å². The molecular formula is C9H17. The summed E-state index contributed by atoms with van der Waals surface area (Å²) in [7, 11) is 0. The van der Waals surface area contributed by atoms with E-state index in [4.69, 9.17) is 0 Å². The lowest BCUT2D eigenvalue weighted by Crippen LogP contribution is -2.18. The highest BCUT2D eigenvalue weighted by atomic mass is 14.3. The zero-order valence-electron chi connectivity index (χ0n) is 6.56. The Kier molecular flexibility index (Phi) is 2.15. The van der Waals surface area contributed by atoms with Crippen LogP contribution in [-0.4, -0.2) is 0 Å². The van der Waals surface area contributed by atoms with Gasteiger partial charge in [-0.2, -0.15) is 0 Å². The van der Waals surface area contributed by atoms with Crippen molar-refractivity contribution in [1.82, 2.24) is 0 Å². The third-order valence-electron chi connectivity index (χ3n) is 2.62. The van der Waals surface area contributed by atoms with Crippen LogP contribution in [0.3, 0.4) is 0 Å². The highest BCUT2D eigenvalue weighted by molar-refractivity contribution is 4.76. The second kappa shape index (κ2) is 2.72. The summed E-state index contributed by atoms with van der Waals surface area (Å²) >= 11 is 0. The highest BCUT2D eigenvalue weighted by Gasteiger charge is 2.21. The van der Waals surface area contributed by atoms with Crippen molar-refractivity contribution in [2.75, 3.05) is 0 Å². The first kappa shape index (κ1) is 7.11. The monoisotopic (exact) mass is 125 g/mol. The van der Waals surface area contributed by atoms with Crippen LogP contribution in [-0.2, 0) is 0 Å². The zero-order valence-corrected chi connectivity index (χ0v) is 6.56. The summed E-state index contributed by atoms with van der Waals surface area (Å²) in [4.78, 5) is 0. The Bertz CT molecular complexity index is 86.0. The first-order valence-electron chi connectivity index (χ1n) is 4.03. The number of hydrogen-bond donors (Lipinski definition) is 0. The van der Waals surface area contributed by atoms with Crippen LogP contribution in [0.4, 0.5) is 0 Å². The molecule has 9 heavy (non-hydrogen) atoms. The summed E-state index contributed by atoms with van der Waals surface area (Å²) in [6.45, 7) is 8.79. The molecule has 0 aromatic rings. The molecule has 0 nitrogen and oxygen atoms in total. The van der Waals surface area contributed by atoms with E-state index in [-0.39, 0.29) is 0 Å². The van der Waals surface area contributed by atoms with Gasteiger partial charge in [0.25, 0.3) is 0 Å². The van der Waals surface area contributed by atoms with Gasteiger partial charge in [-0.1, -0.05) is 26.7 Å². The summed E-state index contributed by atoms with van der Waals surface area (Å²) < 4.78 is 0. The molecule has 0 bridgehead atoms. The molecule has 1 aliphatic rings. The minimum Gasteiger partial charge on any atom is -0.0625 e. The third-order valence-corrected chi connectivity index (χ3v) is 2.62. The smallest absolute Gasteiger partial charge is 0.0386 e. The lowest BCUT2D eigenvalue weighted by molar-refractivity contribution is 0.242. The van der Waals surface area contributed by atoms with Crippen LogP contribution in [0.2, 0.25) is 0 Å². The Hall–Kier alpha value is 0. The summed E-state index contributed by atoms with van der Waals surface area (Å²) in [6, 6.07) is 0. The molecule has 1 rings (SSSR count). The van der Waals surface area contributed by atoms with Gasteiger partial charge in [0.15, 0.2) is 0 Å². The van der Waals surface area contributed by atoms with Crippen molar-refractivity contribution in [2.24, 2.45) is 17.8 Å². The lowest BCUT2D eigenvalue weighted by atomic mass is 9.77. The number of hydrogen-bond acceptors (Lipinski definition) is 0. The minimum atomic E-state index is 0.730. The zero-order chi connectivity index (χ0) is 6.85. The predicted octanol–water partition coefficient (Wildman–Crippen LogP) is 2.89. The summed E-state index contributed by atoms with van der Waals surface area (Å²) in [5.41, 5.74) is 0. The van der Waals surface area contributed by atoms with Crippen LogP contribution >= 0.6 is 0 Å². The van der Waals surface area contributed by atoms with Gasteiger partial charge in [-0.3, -0.25) is 0 Å².